The van der Waals surface area contributed by atoms with E-state index in [2.05, 4.69) is 6.58 Å². The minimum Gasteiger partial charge on any atom is -0.443 e. The van der Waals surface area contributed by atoms with E-state index in [1.807, 2.05) is 36.1 Å². The van der Waals surface area contributed by atoms with Gasteiger partial charge in [-0.2, -0.15) is 0 Å². The summed E-state index contributed by atoms with van der Waals surface area (Å²) in [7, 11) is 0. The van der Waals surface area contributed by atoms with Gasteiger partial charge in [0.15, 0.2) is 6.73 Å². The fourth-order valence-corrected chi connectivity index (χ4v) is 2.12. The molecule has 1 aromatic carbocycles. The minimum atomic E-state index is -0.286. The van der Waals surface area contributed by atoms with Crippen molar-refractivity contribution in [3.63, 3.8) is 0 Å². The predicted octanol–water partition coefficient (Wildman–Crippen LogP) is 2.60. The maximum Gasteiger partial charge on any atom is 0.330 e. The Bertz CT molecular complexity index is 458. The summed E-state index contributed by atoms with van der Waals surface area (Å²) in [6.07, 6.45) is 0.590. The predicted molar refractivity (Wildman–Crippen MR) is 66.6 cm³/mol. The van der Waals surface area contributed by atoms with Crippen molar-refractivity contribution in [2.24, 2.45) is 0 Å². The minimum absolute atomic E-state index is 0.201. The van der Waals surface area contributed by atoms with Crippen LogP contribution in [0.4, 0.5) is 0 Å². The highest BCUT2D eigenvalue weighted by Crippen LogP contribution is 2.21. The van der Waals surface area contributed by atoms with Crippen LogP contribution in [0.15, 0.2) is 36.5 Å². The molecule has 0 saturated carbocycles. The second-order valence-corrected chi connectivity index (χ2v) is 4.58. The molecule has 1 aliphatic rings. The molecule has 0 amide bonds. The highest BCUT2D eigenvalue weighted by Gasteiger charge is 2.33. The maximum absolute atomic E-state index is 11.6. The molecule has 17 heavy (non-hydrogen) atoms. The molecule has 1 aliphatic heterocycles. The zero-order valence-electron chi connectivity index (χ0n) is 9.65. The number of cyclic esters (lactones) is 1. The van der Waals surface area contributed by atoms with Crippen LogP contribution in [0.25, 0.3) is 0 Å². The van der Waals surface area contributed by atoms with Crippen LogP contribution in [0.2, 0.25) is 5.02 Å². The molecule has 0 aromatic heterocycles. The Morgan fingerprint density at radius 3 is 3.06 bits per heavy atom. The first-order chi connectivity index (χ1) is 8.08. The molecule has 90 valence electrons. The van der Waals surface area contributed by atoms with E-state index in [1.54, 1.807) is 0 Å². The lowest BCUT2D eigenvalue weighted by atomic mass is 10.1. The zero-order chi connectivity index (χ0) is 12.4. The normalized spacial score (nSPS) is 19.3. The summed E-state index contributed by atoms with van der Waals surface area (Å²) in [5.41, 5.74) is 1.86. The molecule has 1 fully saturated rings. The monoisotopic (exact) mass is 251 g/mol. The van der Waals surface area contributed by atoms with Gasteiger partial charge in [-0.15, -0.1) is 0 Å². The number of allylic oxidation sites excluding steroid dienone is 1. The highest BCUT2D eigenvalue weighted by atomic mass is 35.5. The van der Waals surface area contributed by atoms with Crippen molar-refractivity contribution in [2.75, 3.05) is 6.73 Å². The van der Waals surface area contributed by atoms with Gasteiger partial charge >= 0.3 is 5.97 Å². The number of carbonyl (C=O) groups is 1. The second kappa shape index (κ2) is 4.80. The topological polar surface area (TPSA) is 29.5 Å². The van der Waals surface area contributed by atoms with Gasteiger partial charge in [0.1, 0.15) is 6.04 Å². The Morgan fingerprint density at radius 1 is 1.65 bits per heavy atom. The standard InChI is InChI=1S/C13H14ClNO2/c1-9(2)15-8-17-13(16)12(15)7-10-4-3-5-11(14)6-10/h3-6,12H,1,7-8H2,2H3. The van der Waals surface area contributed by atoms with Gasteiger partial charge < -0.3 is 9.64 Å². The zero-order valence-corrected chi connectivity index (χ0v) is 10.4. The Kier molecular flexibility index (Phi) is 3.38. The average Bonchev–Trinajstić information content (AvgIpc) is 2.61. The van der Waals surface area contributed by atoms with Crippen LogP contribution in [-0.2, 0) is 16.0 Å². The molecule has 0 spiro atoms. The van der Waals surface area contributed by atoms with Crippen LogP contribution in [0, 0.1) is 0 Å². The number of ether oxygens (including phenoxy) is 1. The Balaban J connectivity index is 2.16. The van der Waals surface area contributed by atoms with Gasteiger partial charge in [-0.1, -0.05) is 30.3 Å². The number of carbonyl (C=O) groups excluding carboxylic acids is 1. The SMILES string of the molecule is C=C(C)N1COC(=O)C1Cc1cccc(Cl)c1. The first kappa shape index (κ1) is 12.0. The van der Waals surface area contributed by atoms with Gasteiger partial charge in [-0.3, -0.25) is 0 Å². The lowest BCUT2D eigenvalue weighted by Gasteiger charge is -2.21. The Morgan fingerprint density at radius 2 is 2.41 bits per heavy atom. The number of rotatable bonds is 3. The Hall–Kier alpha value is -1.48. The van der Waals surface area contributed by atoms with E-state index in [4.69, 9.17) is 16.3 Å². The summed E-state index contributed by atoms with van der Waals surface area (Å²) in [6, 6.07) is 7.22. The average molecular weight is 252 g/mol. The van der Waals surface area contributed by atoms with E-state index >= 15 is 0 Å². The molecule has 4 heteroatoms. The van der Waals surface area contributed by atoms with Crippen LogP contribution in [0.5, 0.6) is 0 Å². The van der Waals surface area contributed by atoms with Gasteiger partial charge in [-0.05, 0) is 24.6 Å². The molecule has 1 saturated heterocycles. The van der Waals surface area contributed by atoms with Crippen LogP contribution in [0.3, 0.4) is 0 Å². The first-order valence-corrected chi connectivity index (χ1v) is 5.79. The van der Waals surface area contributed by atoms with Crippen molar-refractivity contribution in [2.45, 2.75) is 19.4 Å². The third kappa shape index (κ3) is 2.61. The number of esters is 1. The molecule has 1 atom stereocenters. The first-order valence-electron chi connectivity index (χ1n) is 5.41. The summed E-state index contributed by atoms with van der Waals surface area (Å²) in [6.45, 7) is 6.01. The van der Waals surface area contributed by atoms with Gasteiger partial charge in [0.05, 0.1) is 0 Å². The molecule has 0 radical (unpaired) electrons. The van der Waals surface area contributed by atoms with Gasteiger partial charge in [0.2, 0.25) is 0 Å². The van der Waals surface area contributed by atoms with Crippen LogP contribution in [0.1, 0.15) is 12.5 Å². The van der Waals surface area contributed by atoms with Crippen LogP contribution in [-0.4, -0.2) is 23.6 Å². The molecule has 3 nitrogen and oxygen atoms in total. The van der Waals surface area contributed by atoms with E-state index < -0.39 is 0 Å². The van der Waals surface area contributed by atoms with E-state index in [1.165, 1.54) is 0 Å². The van der Waals surface area contributed by atoms with Gasteiger partial charge in [-0.25, -0.2) is 4.79 Å². The fraction of sp³-hybridized carbons (Fsp3) is 0.308. The van der Waals surface area contributed by atoms with Crippen molar-refractivity contribution in [1.29, 1.82) is 0 Å². The van der Waals surface area contributed by atoms with E-state index in [0.717, 1.165) is 11.3 Å². The molecular formula is C13H14ClNO2. The molecule has 0 bridgehead atoms. The van der Waals surface area contributed by atoms with Crippen LogP contribution < -0.4 is 0 Å². The second-order valence-electron chi connectivity index (χ2n) is 4.15. The van der Waals surface area contributed by atoms with E-state index in [9.17, 15) is 4.79 Å². The molecule has 1 unspecified atom stereocenters. The van der Waals surface area contributed by atoms with Crippen molar-refractivity contribution < 1.29 is 9.53 Å². The van der Waals surface area contributed by atoms with Crippen molar-refractivity contribution in [1.82, 2.24) is 4.90 Å². The quantitative estimate of drug-likeness (QED) is 0.774. The molecule has 0 N–H and O–H groups in total. The summed E-state index contributed by atoms with van der Waals surface area (Å²) in [5.74, 6) is -0.201. The summed E-state index contributed by atoms with van der Waals surface area (Å²) < 4.78 is 5.04. The number of halogens is 1. The number of nitrogens with zero attached hydrogens (tertiary/aromatic N) is 1. The third-order valence-corrected chi connectivity index (χ3v) is 3.04. The summed E-state index contributed by atoms with van der Waals surface area (Å²) in [5, 5.41) is 0.677. The fourth-order valence-electron chi connectivity index (χ4n) is 1.90. The summed E-state index contributed by atoms with van der Waals surface area (Å²) >= 11 is 5.92. The van der Waals surface area contributed by atoms with Crippen molar-refractivity contribution >= 4 is 17.6 Å². The number of hydrogen-bond donors (Lipinski definition) is 0. The van der Waals surface area contributed by atoms with E-state index in [0.29, 0.717) is 18.2 Å². The van der Waals surface area contributed by atoms with Crippen molar-refractivity contribution in [3.8, 4) is 0 Å². The largest absolute Gasteiger partial charge is 0.443 e. The third-order valence-electron chi connectivity index (χ3n) is 2.80. The molecular weight excluding hydrogens is 238 g/mol. The maximum atomic E-state index is 11.6. The van der Waals surface area contributed by atoms with E-state index in [-0.39, 0.29) is 12.0 Å². The lowest BCUT2D eigenvalue weighted by molar-refractivity contribution is -0.139. The molecule has 0 aliphatic carbocycles. The number of hydrogen-bond acceptors (Lipinski definition) is 3. The summed E-state index contributed by atoms with van der Waals surface area (Å²) in [4.78, 5) is 13.5. The van der Waals surface area contributed by atoms with Gasteiger partial charge in [0.25, 0.3) is 0 Å². The van der Waals surface area contributed by atoms with Crippen LogP contribution >= 0.6 is 11.6 Å². The molecule has 1 aromatic rings. The molecule has 2 rings (SSSR count). The van der Waals surface area contributed by atoms with Gasteiger partial charge in [0, 0.05) is 17.1 Å². The van der Waals surface area contributed by atoms with Crippen molar-refractivity contribution in [3.05, 3.63) is 47.1 Å². The highest BCUT2D eigenvalue weighted by molar-refractivity contribution is 6.30. The molecule has 1 heterocycles. The number of benzene rings is 1. The lowest BCUT2D eigenvalue weighted by Crippen LogP contribution is -2.33. The smallest absolute Gasteiger partial charge is 0.330 e. The Labute approximate surface area is 106 Å².